The number of benzene rings is 1. The number of aliphatic hydroxyl groups is 1. The average molecular weight is 1350 g/mol. The van der Waals surface area contributed by atoms with Crippen LogP contribution >= 0.6 is 0 Å². The molecule has 0 fully saturated rings. The van der Waals surface area contributed by atoms with E-state index in [0.29, 0.717) is 18.4 Å². The van der Waals surface area contributed by atoms with E-state index < -0.39 is 187 Å². The highest BCUT2D eigenvalue weighted by atomic mass is 16.4. The maximum Gasteiger partial charge on any atom is 0.326 e. The number of amides is 12. The maximum absolute atomic E-state index is 14.5. The maximum atomic E-state index is 14.5. The van der Waals surface area contributed by atoms with Crippen LogP contribution in [0.2, 0.25) is 0 Å². The molecule has 11 atom stereocenters. The summed E-state index contributed by atoms with van der Waals surface area (Å²) in [6.45, 7) is 12.9. The summed E-state index contributed by atoms with van der Waals surface area (Å²) < 4.78 is 0. The van der Waals surface area contributed by atoms with Crippen LogP contribution < -0.4 is 81.8 Å². The van der Waals surface area contributed by atoms with Gasteiger partial charge in [-0.2, -0.15) is 0 Å². The van der Waals surface area contributed by atoms with Gasteiger partial charge in [0, 0.05) is 25.7 Å². The number of primary amides is 2. The predicted molar refractivity (Wildman–Crippen MR) is 347 cm³/mol. The van der Waals surface area contributed by atoms with Crippen molar-refractivity contribution in [2.45, 2.75) is 225 Å². The van der Waals surface area contributed by atoms with Crippen molar-refractivity contribution in [3.63, 3.8) is 0 Å². The van der Waals surface area contributed by atoms with E-state index in [1.807, 2.05) is 13.8 Å². The molecule has 0 aliphatic carbocycles. The molecule has 12 amide bonds. The van der Waals surface area contributed by atoms with E-state index in [2.05, 4.69) is 53.2 Å². The number of nitrogens with one attached hydrogen (secondary N) is 10. The second-order valence-electron chi connectivity index (χ2n) is 25.2. The minimum Gasteiger partial charge on any atom is -0.508 e. The van der Waals surface area contributed by atoms with Crippen LogP contribution in [0.15, 0.2) is 24.3 Å². The molecule has 1 aromatic carbocycles. The number of nitrogens with two attached hydrogens (primary N) is 5. The lowest BCUT2D eigenvalue weighted by Gasteiger charge is -2.29. The zero-order valence-electron chi connectivity index (χ0n) is 55.8. The Morgan fingerprint density at radius 3 is 1.06 bits per heavy atom. The summed E-state index contributed by atoms with van der Waals surface area (Å²) in [6.07, 6.45) is -2.14. The number of unbranched alkanes of at least 4 members (excludes halogenated alkanes) is 2. The summed E-state index contributed by atoms with van der Waals surface area (Å²) >= 11 is 0. The SMILES string of the molecule is CC(C)C[C@H](NC(=O)[C@H](CCCCN)NC(=O)[C@H](CCC(N)=O)NC(=O)[C@H](CCC(N)=O)NC(=O)[C@@H](N)CC(C)C)C(=O)N[C@@H](CCCCN)C(=O)N[C@@H](CCC(=O)O)C(=O)N[C@@H](Cc1ccc(O)cc1)C(=O)N[C@@H](CO)C(=O)N[C@@H](CC(C)C)C(=O)N[C@H](C(=O)O)C(C)C. The van der Waals surface area contributed by atoms with Gasteiger partial charge in [-0.15, -0.1) is 0 Å². The first-order valence-corrected chi connectivity index (χ1v) is 32.1. The molecule has 33 heteroatoms. The summed E-state index contributed by atoms with van der Waals surface area (Å²) in [5, 5.41) is 64.9. The summed E-state index contributed by atoms with van der Waals surface area (Å²) in [6, 6.07) is -11.0. The fraction of sp³-hybridized carbons (Fsp3) is 0.677. The van der Waals surface area contributed by atoms with Crippen molar-refractivity contribution >= 4 is 82.8 Å². The van der Waals surface area contributed by atoms with Crippen LogP contribution in [-0.2, 0) is 73.5 Å². The number of aromatic hydroxyl groups is 1. The van der Waals surface area contributed by atoms with Crippen molar-refractivity contribution < 1.29 is 87.5 Å². The molecule has 0 saturated carbocycles. The van der Waals surface area contributed by atoms with Gasteiger partial charge in [-0.05, 0) is 132 Å². The molecule has 0 bridgehead atoms. The van der Waals surface area contributed by atoms with Gasteiger partial charge in [0.05, 0.1) is 12.6 Å². The van der Waals surface area contributed by atoms with Gasteiger partial charge in [0.25, 0.3) is 0 Å². The smallest absolute Gasteiger partial charge is 0.326 e. The fourth-order valence-corrected chi connectivity index (χ4v) is 9.69. The number of carbonyl (C=O) groups excluding carboxylic acids is 12. The second-order valence-corrected chi connectivity index (χ2v) is 25.2. The third-order valence-corrected chi connectivity index (χ3v) is 14.9. The predicted octanol–water partition coefficient (Wildman–Crippen LogP) is -3.37. The highest BCUT2D eigenvalue weighted by Crippen LogP contribution is 2.16. The highest BCUT2D eigenvalue weighted by Gasteiger charge is 2.37. The molecule has 0 aliphatic heterocycles. The molecule has 95 heavy (non-hydrogen) atoms. The molecular weight excluding hydrogens is 1240 g/mol. The number of hydrogen-bond donors (Lipinski definition) is 19. The van der Waals surface area contributed by atoms with E-state index in [-0.39, 0.29) is 101 Å². The Kier molecular flexibility index (Phi) is 39.3. The largest absolute Gasteiger partial charge is 0.508 e. The number of phenols is 1. The Hall–Kier alpha value is -8.56. The van der Waals surface area contributed by atoms with Gasteiger partial charge in [0.2, 0.25) is 70.9 Å². The normalized spacial score (nSPS) is 14.8. The van der Waals surface area contributed by atoms with Gasteiger partial charge in [-0.3, -0.25) is 62.3 Å². The average Bonchev–Trinajstić information content (AvgIpc) is 0.892. The van der Waals surface area contributed by atoms with Gasteiger partial charge in [-0.1, -0.05) is 67.5 Å². The molecule has 0 heterocycles. The molecule has 1 rings (SSSR count). The second kappa shape index (κ2) is 44.2. The third-order valence-electron chi connectivity index (χ3n) is 14.9. The van der Waals surface area contributed by atoms with Crippen LogP contribution in [0, 0.1) is 23.7 Å². The van der Waals surface area contributed by atoms with Gasteiger partial charge >= 0.3 is 11.9 Å². The number of hydrogen-bond acceptors (Lipinski definition) is 19. The number of aliphatic carboxylic acids is 2. The van der Waals surface area contributed by atoms with Gasteiger partial charge in [0.15, 0.2) is 0 Å². The van der Waals surface area contributed by atoms with E-state index in [4.69, 9.17) is 28.7 Å². The Morgan fingerprint density at radius 1 is 0.400 bits per heavy atom. The van der Waals surface area contributed by atoms with E-state index in [0.717, 1.165) is 0 Å². The van der Waals surface area contributed by atoms with Gasteiger partial charge in [0.1, 0.15) is 66.2 Å². The standard InChI is InChI=1S/C62H105N15O18/c1-32(2)27-38(65)52(84)68-41(19-22-48(66)80)55(87)71-42(20-23-49(67)81)56(88)69-40(14-10-12-26-64)54(86)73-44(28-33(3)4)58(90)70-39(13-9-11-25-63)53(85)72-43(21-24-50(82)83)57(89)75-46(30-36-15-17-37(79)18-16-36)59(91)76-47(31-78)61(93)74-45(29-34(5)6)60(92)77-51(35(7)8)62(94)95/h15-18,32-35,38-47,51,78-79H,9-14,19-31,63-65H2,1-8H3,(H2,66,80)(H2,67,81)(H,68,84)(H,69,88)(H,70,90)(H,71,87)(H,72,85)(H,73,86)(H,74,93)(H,75,89)(H,76,91)(H,77,92)(H,82,83)(H,94,95)/t38-,39-,40-,41-,42-,43-,44-,45-,46-,47-,51-/m0/s1. The van der Waals surface area contributed by atoms with E-state index in [9.17, 15) is 87.5 Å². The van der Waals surface area contributed by atoms with Crippen molar-refractivity contribution in [1.29, 1.82) is 0 Å². The van der Waals surface area contributed by atoms with Crippen molar-refractivity contribution in [3.05, 3.63) is 29.8 Å². The number of carboxylic acids is 2. The van der Waals surface area contributed by atoms with Crippen LogP contribution in [0.1, 0.15) is 157 Å². The monoisotopic (exact) mass is 1350 g/mol. The number of carbonyl (C=O) groups is 14. The Balaban J connectivity index is 3.74. The topological polar surface area (TPSA) is 570 Å². The zero-order valence-corrected chi connectivity index (χ0v) is 55.8. The molecule has 0 aliphatic rings. The van der Waals surface area contributed by atoms with Crippen molar-refractivity contribution in [2.75, 3.05) is 19.7 Å². The van der Waals surface area contributed by atoms with Gasteiger partial charge in [-0.25, -0.2) is 4.79 Å². The molecule has 0 unspecified atom stereocenters. The minimum absolute atomic E-state index is 0.00128. The van der Waals surface area contributed by atoms with Crippen LogP contribution in [0.25, 0.3) is 0 Å². The molecule has 1 aromatic rings. The Labute approximate surface area is 554 Å². The lowest BCUT2D eigenvalue weighted by Crippen LogP contribution is -2.61. The van der Waals surface area contributed by atoms with Crippen LogP contribution in [-0.4, -0.2) is 189 Å². The molecule has 0 radical (unpaired) electrons. The lowest BCUT2D eigenvalue weighted by molar-refractivity contribution is -0.143. The summed E-state index contributed by atoms with van der Waals surface area (Å²) in [4.78, 5) is 188. The van der Waals surface area contributed by atoms with E-state index in [1.54, 1.807) is 41.5 Å². The summed E-state index contributed by atoms with van der Waals surface area (Å²) in [7, 11) is 0. The first-order chi connectivity index (χ1) is 44.5. The number of rotatable bonds is 48. The molecule has 33 nitrogen and oxygen atoms in total. The molecule has 0 saturated heterocycles. The molecule has 24 N–H and O–H groups in total. The number of aliphatic hydroxyl groups excluding tert-OH is 1. The van der Waals surface area contributed by atoms with E-state index >= 15 is 0 Å². The minimum atomic E-state index is -1.79. The van der Waals surface area contributed by atoms with Crippen molar-refractivity contribution in [1.82, 2.24) is 53.2 Å². The fourth-order valence-electron chi connectivity index (χ4n) is 9.69. The quantitative estimate of drug-likeness (QED) is 0.0283. The first kappa shape index (κ1) is 84.5. The van der Waals surface area contributed by atoms with Crippen LogP contribution in [0.3, 0.4) is 0 Å². The molecule has 536 valence electrons. The number of phenolic OH excluding ortho intramolecular Hbond substituents is 1. The Bertz CT molecular complexity index is 2720. The van der Waals surface area contributed by atoms with Crippen LogP contribution in [0.4, 0.5) is 0 Å². The summed E-state index contributed by atoms with van der Waals surface area (Å²) in [5.41, 5.74) is 28.7. The number of carboxylic acid groups (broad SMARTS) is 2. The molecular formula is C62H105N15O18. The summed E-state index contributed by atoms with van der Waals surface area (Å²) in [5.74, 6) is -15.4. The van der Waals surface area contributed by atoms with Crippen molar-refractivity contribution in [2.24, 2.45) is 52.3 Å². The highest BCUT2D eigenvalue weighted by molar-refractivity contribution is 5.99. The van der Waals surface area contributed by atoms with Crippen LogP contribution in [0.5, 0.6) is 5.75 Å². The van der Waals surface area contributed by atoms with Gasteiger partial charge < -0.3 is 102 Å². The molecule has 0 spiro atoms. The van der Waals surface area contributed by atoms with Crippen molar-refractivity contribution in [3.8, 4) is 5.75 Å². The Morgan fingerprint density at radius 2 is 0.716 bits per heavy atom. The zero-order chi connectivity index (χ0) is 72.2. The van der Waals surface area contributed by atoms with E-state index in [1.165, 1.54) is 24.3 Å². The first-order valence-electron chi connectivity index (χ1n) is 32.1. The molecule has 0 aromatic heterocycles. The lowest BCUT2D eigenvalue weighted by atomic mass is 10.00. The third kappa shape index (κ3) is 33.9.